The first kappa shape index (κ1) is 20.7. The first-order valence-electron chi connectivity index (χ1n) is 9.59. The Bertz CT molecular complexity index is 955. The highest BCUT2D eigenvalue weighted by molar-refractivity contribution is 7.14. The number of anilines is 1. The van der Waals surface area contributed by atoms with Crippen molar-refractivity contribution in [2.24, 2.45) is 0 Å². The number of carbonyl (C=O) groups excluding carboxylic acids is 1. The standard InChI is InChI=1S/C22H23N3O3S/c1-2-19-16-29-22(23-19)24(21(26)13-10-17-6-4-3-5-7-17)15-14-18-8-11-20(12-9-18)25(27)28/h3-9,11-12,16H,2,10,13-15H2,1H3. The average molecular weight is 410 g/mol. The summed E-state index contributed by atoms with van der Waals surface area (Å²) in [6.45, 7) is 2.53. The van der Waals surface area contributed by atoms with Gasteiger partial charge in [0.2, 0.25) is 5.91 Å². The molecule has 0 unspecified atom stereocenters. The van der Waals surface area contributed by atoms with Crippen molar-refractivity contribution in [3.8, 4) is 0 Å². The maximum Gasteiger partial charge on any atom is 0.269 e. The second kappa shape index (κ2) is 9.93. The molecule has 6 nitrogen and oxygen atoms in total. The fourth-order valence-electron chi connectivity index (χ4n) is 2.97. The molecule has 1 heterocycles. The molecule has 7 heteroatoms. The Morgan fingerprint density at radius 3 is 2.38 bits per heavy atom. The van der Waals surface area contributed by atoms with E-state index in [1.807, 2.05) is 42.6 Å². The predicted octanol–water partition coefficient (Wildman–Crippen LogP) is 4.82. The molecule has 1 aromatic heterocycles. The number of aromatic nitrogens is 1. The van der Waals surface area contributed by atoms with E-state index in [-0.39, 0.29) is 11.6 Å². The average Bonchev–Trinajstić information content (AvgIpc) is 3.22. The lowest BCUT2D eigenvalue weighted by atomic mass is 10.1. The SMILES string of the molecule is CCc1csc(N(CCc2ccc([N+](=O)[O-])cc2)C(=O)CCc2ccccc2)n1. The zero-order chi connectivity index (χ0) is 20.6. The van der Waals surface area contributed by atoms with E-state index in [1.165, 1.54) is 23.5 Å². The van der Waals surface area contributed by atoms with Gasteiger partial charge in [-0.3, -0.25) is 19.8 Å². The van der Waals surface area contributed by atoms with Crippen molar-refractivity contribution in [3.05, 3.63) is 86.9 Å². The zero-order valence-electron chi connectivity index (χ0n) is 16.3. The normalized spacial score (nSPS) is 10.7. The van der Waals surface area contributed by atoms with Crippen LogP contribution in [0.4, 0.5) is 10.8 Å². The van der Waals surface area contributed by atoms with Gasteiger partial charge in [-0.15, -0.1) is 11.3 Å². The van der Waals surface area contributed by atoms with Gasteiger partial charge in [0, 0.05) is 30.5 Å². The molecule has 150 valence electrons. The number of hydrogen-bond donors (Lipinski definition) is 0. The molecule has 0 radical (unpaired) electrons. The number of non-ortho nitro benzene ring substituents is 1. The van der Waals surface area contributed by atoms with Gasteiger partial charge in [0.15, 0.2) is 5.13 Å². The second-order valence-electron chi connectivity index (χ2n) is 6.68. The summed E-state index contributed by atoms with van der Waals surface area (Å²) in [5, 5.41) is 13.5. The molecule has 1 amide bonds. The molecule has 0 aliphatic rings. The van der Waals surface area contributed by atoms with Gasteiger partial charge in [-0.05, 0) is 30.4 Å². The third kappa shape index (κ3) is 5.71. The molecule has 0 saturated carbocycles. The van der Waals surface area contributed by atoms with Crippen LogP contribution >= 0.6 is 11.3 Å². The van der Waals surface area contributed by atoms with Crippen molar-refractivity contribution in [2.75, 3.05) is 11.4 Å². The van der Waals surface area contributed by atoms with Gasteiger partial charge in [-0.25, -0.2) is 4.98 Å². The Kier molecular flexibility index (Phi) is 7.08. The molecule has 0 N–H and O–H groups in total. The summed E-state index contributed by atoms with van der Waals surface area (Å²) in [4.78, 5) is 29.7. The van der Waals surface area contributed by atoms with E-state index in [9.17, 15) is 14.9 Å². The summed E-state index contributed by atoms with van der Waals surface area (Å²) in [7, 11) is 0. The summed E-state index contributed by atoms with van der Waals surface area (Å²) in [6, 6.07) is 16.4. The number of rotatable bonds is 9. The van der Waals surface area contributed by atoms with Crippen LogP contribution < -0.4 is 4.90 Å². The van der Waals surface area contributed by atoms with Crippen LogP contribution in [0, 0.1) is 10.1 Å². The summed E-state index contributed by atoms with van der Waals surface area (Å²) in [6.07, 6.45) is 2.52. The number of nitrogens with zero attached hydrogens (tertiary/aromatic N) is 3. The van der Waals surface area contributed by atoms with E-state index in [0.717, 1.165) is 23.2 Å². The molecule has 0 atom stereocenters. The summed E-state index contributed by atoms with van der Waals surface area (Å²) < 4.78 is 0. The maximum atomic E-state index is 13.0. The molecule has 0 aliphatic carbocycles. The minimum atomic E-state index is -0.412. The van der Waals surface area contributed by atoms with Crippen LogP contribution in [0.15, 0.2) is 60.0 Å². The minimum absolute atomic E-state index is 0.0350. The van der Waals surface area contributed by atoms with Gasteiger partial charge in [0.1, 0.15) is 0 Å². The predicted molar refractivity (Wildman–Crippen MR) is 115 cm³/mol. The molecular weight excluding hydrogens is 386 g/mol. The third-order valence-corrected chi connectivity index (χ3v) is 5.59. The second-order valence-corrected chi connectivity index (χ2v) is 7.52. The van der Waals surface area contributed by atoms with E-state index < -0.39 is 4.92 Å². The molecule has 0 aliphatic heterocycles. The van der Waals surface area contributed by atoms with Crippen LogP contribution in [0.1, 0.15) is 30.2 Å². The van der Waals surface area contributed by atoms with Gasteiger partial charge in [0.05, 0.1) is 10.6 Å². The summed E-state index contributed by atoms with van der Waals surface area (Å²) >= 11 is 1.48. The molecule has 3 aromatic rings. The highest BCUT2D eigenvalue weighted by Gasteiger charge is 2.19. The lowest BCUT2D eigenvalue weighted by Crippen LogP contribution is -2.33. The molecular formula is C22H23N3O3S. The number of nitro groups is 1. The molecule has 0 bridgehead atoms. The van der Waals surface area contributed by atoms with Crippen LogP contribution in [-0.4, -0.2) is 22.4 Å². The number of nitro benzene ring substituents is 1. The molecule has 29 heavy (non-hydrogen) atoms. The van der Waals surface area contributed by atoms with Crippen molar-refractivity contribution in [1.29, 1.82) is 0 Å². The Labute approximate surface area is 174 Å². The number of thiazole rings is 1. The number of amides is 1. The number of aryl methyl sites for hydroxylation is 2. The molecule has 0 saturated heterocycles. The Morgan fingerprint density at radius 2 is 1.76 bits per heavy atom. The van der Waals surface area contributed by atoms with Crippen molar-refractivity contribution in [1.82, 2.24) is 4.98 Å². The van der Waals surface area contributed by atoms with Crippen LogP contribution in [0.5, 0.6) is 0 Å². The largest absolute Gasteiger partial charge is 0.288 e. The molecule has 2 aromatic carbocycles. The number of hydrogen-bond acceptors (Lipinski definition) is 5. The fourth-order valence-corrected chi connectivity index (χ4v) is 3.92. The van der Waals surface area contributed by atoms with Gasteiger partial charge in [-0.2, -0.15) is 0 Å². The monoisotopic (exact) mass is 409 g/mol. The quantitative estimate of drug-likeness (QED) is 0.375. The van der Waals surface area contributed by atoms with E-state index in [4.69, 9.17) is 0 Å². The smallest absolute Gasteiger partial charge is 0.269 e. The summed E-state index contributed by atoms with van der Waals surface area (Å²) in [5.74, 6) is 0.0350. The number of carbonyl (C=O) groups is 1. The minimum Gasteiger partial charge on any atom is -0.288 e. The Balaban J connectivity index is 1.70. The highest BCUT2D eigenvalue weighted by Crippen LogP contribution is 2.23. The maximum absolute atomic E-state index is 13.0. The topological polar surface area (TPSA) is 76.3 Å². The van der Waals surface area contributed by atoms with Crippen molar-refractivity contribution >= 4 is 28.1 Å². The van der Waals surface area contributed by atoms with Gasteiger partial charge in [0.25, 0.3) is 5.69 Å². The Morgan fingerprint density at radius 1 is 1.07 bits per heavy atom. The van der Waals surface area contributed by atoms with E-state index in [1.54, 1.807) is 17.0 Å². The number of benzene rings is 2. The van der Waals surface area contributed by atoms with Crippen LogP contribution in [-0.2, 0) is 24.1 Å². The highest BCUT2D eigenvalue weighted by atomic mass is 32.1. The third-order valence-electron chi connectivity index (χ3n) is 4.68. The van der Waals surface area contributed by atoms with Gasteiger partial charge < -0.3 is 0 Å². The van der Waals surface area contributed by atoms with Crippen LogP contribution in [0.25, 0.3) is 0 Å². The molecule has 0 fully saturated rings. The van der Waals surface area contributed by atoms with Gasteiger partial charge in [-0.1, -0.05) is 49.4 Å². The molecule has 3 rings (SSSR count). The summed E-state index contributed by atoms with van der Waals surface area (Å²) in [5.41, 5.74) is 3.12. The Hall–Kier alpha value is -3.06. The van der Waals surface area contributed by atoms with Crippen molar-refractivity contribution in [2.45, 2.75) is 32.6 Å². The van der Waals surface area contributed by atoms with Gasteiger partial charge >= 0.3 is 0 Å². The van der Waals surface area contributed by atoms with E-state index >= 15 is 0 Å². The first-order valence-corrected chi connectivity index (χ1v) is 10.5. The van der Waals surface area contributed by atoms with E-state index in [2.05, 4.69) is 4.98 Å². The lowest BCUT2D eigenvalue weighted by molar-refractivity contribution is -0.384. The zero-order valence-corrected chi connectivity index (χ0v) is 17.1. The van der Waals surface area contributed by atoms with Crippen LogP contribution in [0.2, 0.25) is 0 Å². The molecule has 0 spiro atoms. The van der Waals surface area contributed by atoms with Crippen LogP contribution in [0.3, 0.4) is 0 Å². The fraction of sp³-hybridized carbons (Fsp3) is 0.273. The lowest BCUT2D eigenvalue weighted by Gasteiger charge is -2.20. The van der Waals surface area contributed by atoms with E-state index in [0.29, 0.717) is 30.9 Å². The van der Waals surface area contributed by atoms with Crippen molar-refractivity contribution < 1.29 is 9.72 Å². The van der Waals surface area contributed by atoms with Crippen molar-refractivity contribution in [3.63, 3.8) is 0 Å². The first-order chi connectivity index (χ1) is 14.1.